The van der Waals surface area contributed by atoms with Gasteiger partial charge in [0.05, 0.1) is 18.7 Å². The van der Waals surface area contributed by atoms with Crippen molar-refractivity contribution in [3.05, 3.63) is 29.8 Å². The van der Waals surface area contributed by atoms with E-state index in [2.05, 4.69) is 24.0 Å². The van der Waals surface area contributed by atoms with Crippen molar-refractivity contribution in [3.8, 4) is 11.6 Å². The van der Waals surface area contributed by atoms with Crippen LogP contribution in [0.5, 0.6) is 11.6 Å². The molecule has 0 bridgehead atoms. The van der Waals surface area contributed by atoms with Gasteiger partial charge in [-0.2, -0.15) is 0 Å². The van der Waals surface area contributed by atoms with Crippen LogP contribution in [0.15, 0.2) is 24.3 Å². The Labute approximate surface area is 126 Å². The molecule has 0 unspecified atom stereocenters. The largest absolute Gasteiger partial charge is 0.493 e. The van der Waals surface area contributed by atoms with Crippen LogP contribution in [-0.4, -0.2) is 31.9 Å². The van der Waals surface area contributed by atoms with Crippen LogP contribution in [0.1, 0.15) is 25.8 Å². The number of aryl methyl sites for hydroxylation is 1. The summed E-state index contributed by atoms with van der Waals surface area (Å²) >= 11 is 0. The first-order valence-corrected chi connectivity index (χ1v) is 7.47. The molecule has 0 aliphatic rings. The molecule has 114 valence electrons. The SMILES string of the molecule is CCCc1cccc2c(OCC)cc(OCCOC)nc12. The maximum Gasteiger partial charge on any atom is 0.217 e. The molecule has 21 heavy (non-hydrogen) atoms. The Kier molecular flexibility index (Phi) is 5.81. The molecule has 0 saturated carbocycles. The minimum absolute atomic E-state index is 0.483. The van der Waals surface area contributed by atoms with Gasteiger partial charge in [-0.3, -0.25) is 0 Å². The zero-order chi connectivity index (χ0) is 15.1. The van der Waals surface area contributed by atoms with E-state index in [-0.39, 0.29) is 0 Å². The highest BCUT2D eigenvalue weighted by molar-refractivity contribution is 5.88. The average molecular weight is 289 g/mol. The first kappa shape index (κ1) is 15.6. The van der Waals surface area contributed by atoms with E-state index in [1.165, 1.54) is 5.56 Å². The second-order valence-corrected chi connectivity index (χ2v) is 4.80. The average Bonchev–Trinajstić information content (AvgIpc) is 2.49. The molecule has 0 radical (unpaired) electrons. The van der Waals surface area contributed by atoms with E-state index in [9.17, 15) is 0 Å². The topological polar surface area (TPSA) is 40.6 Å². The van der Waals surface area contributed by atoms with Gasteiger partial charge >= 0.3 is 0 Å². The molecular weight excluding hydrogens is 266 g/mol. The van der Waals surface area contributed by atoms with E-state index in [1.54, 1.807) is 7.11 Å². The lowest BCUT2D eigenvalue weighted by Gasteiger charge is -2.13. The fraction of sp³-hybridized carbons (Fsp3) is 0.471. The summed E-state index contributed by atoms with van der Waals surface area (Å²) in [5, 5.41) is 1.04. The molecule has 0 N–H and O–H groups in total. The first-order chi connectivity index (χ1) is 10.3. The zero-order valence-corrected chi connectivity index (χ0v) is 13.0. The number of fused-ring (bicyclic) bond motifs is 1. The molecule has 2 rings (SSSR count). The molecule has 1 heterocycles. The molecule has 0 atom stereocenters. The minimum Gasteiger partial charge on any atom is -0.493 e. The number of benzene rings is 1. The molecule has 0 aliphatic heterocycles. The molecular formula is C17H23NO3. The van der Waals surface area contributed by atoms with Gasteiger partial charge in [-0.15, -0.1) is 0 Å². The van der Waals surface area contributed by atoms with Gasteiger partial charge in [0, 0.05) is 18.6 Å². The lowest BCUT2D eigenvalue weighted by atomic mass is 10.1. The first-order valence-electron chi connectivity index (χ1n) is 7.47. The van der Waals surface area contributed by atoms with Crippen molar-refractivity contribution in [3.63, 3.8) is 0 Å². The number of ether oxygens (including phenoxy) is 3. The van der Waals surface area contributed by atoms with E-state index in [0.29, 0.717) is 25.7 Å². The maximum atomic E-state index is 5.75. The van der Waals surface area contributed by atoms with E-state index >= 15 is 0 Å². The fourth-order valence-electron chi connectivity index (χ4n) is 2.30. The second-order valence-electron chi connectivity index (χ2n) is 4.80. The summed E-state index contributed by atoms with van der Waals surface area (Å²) in [4.78, 5) is 4.65. The number of rotatable bonds is 8. The van der Waals surface area contributed by atoms with Crippen molar-refractivity contribution in [1.29, 1.82) is 0 Å². The van der Waals surface area contributed by atoms with Crippen molar-refractivity contribution in [2.24, 2.45) is 0 Å². The van der Waals surface area contributed by atoms with Crippen molar-refractivity contribution < 1.29 is 14.2 Å². The van der Waals surface area contributed by atoms with E-state index < -0.39 is 0 Å². The molecule has 0 amide bonds. The smallest absolute Gasteiger partial charge is 0.217 e. The summed E-state index contributed by atoms with van der Waals surface area (Å²) in [5.74, 6) is 1.42. The lowest BCUT2D eigenvalue weighted by molar-refractivity contribution is 0.143. The van der Waals surface area contributed by atoms with Crippen LogP contribution in [0.25, 0.3) is 10.9 Å². The summed E-state index contributed by atoms with van der Waals surface area (Å²) in [5.41, 5.74) is 2.20. The van der Waals surface area contributed by atoms with Crippen molar-refractivity contribution >= 4 is 10.9 Å². The number of para-hydroxylation sites is 1. The fourth-order valence-corrected chi connectivity index (χ4v) is 2.30. The van der Waals surface area contributed by atoms with Crippen molar-refractivity contribution in [2.75, 3.05) is 26.9 Å². The molecule has 0 spiro atoms. The zero-order valence-electron chi connectivity index (χ0n) is 13.0. The van der Waals surface area contributed by atoms with Crippen LogP contribution >= 0.6 is 0 Å². The summed E-state index contributed by atoms with van der Waals surface area (Å²) in [7, 11) is 1.65. The van der Waals surface area contributed by atoms with E-state index in [1.807, 2.05) is 19.1 Å². The Morgan fingerprint density at radius 1 is 1.10 bits per heavy atom. The predicted octanol–water partition coefficient (Wildman–Crippen LogP) is 3.61. The van der Waals surface area contributed by atoms with Crippen molar-refractivity contribution in [1.82, 2.24) is 4.98 Å². The third-order valence-corrected chi connectivity index (χ3v) is 3.22. The Morgan fingerprint density at radius 3 is 2.67 bits per heavy atom. The predicted molar refractivity (Wildman–Crippen MR) is 84.3 cm³/mol. The van der Waals surface area contributed by atoms with Crippen LogP contribution in [0.2, 0.25) is 0 Å². The van der Waals surface area contributed by atoms with Crippen LogP contribution in [0.3, 0.4) is 0 Å². The summed E-state index contributed by atoms with van der Waals surface area (Å²) in [6, 6.07) is 8.08. The number of hydrogen-bond donors (Lipinski definition) is 0. The normalized spacial score (nSPS) is 10.8. The number of aromatic nitrogens is 1. The van der Waals surface area contributed by atoms with Gasteiger partial charge in [0.25, 0.3) is 0 Å². The molecule has 1 aromatic carbocycles. The molecule has 4 heteroatoms. The van der Waals surface area contributed by atoms with Crippen LogP contribution in [0, 0.1) is 0 Å². The number of pyridine rings is 1. The molecule has 0 saturated heterocycles. The highest BCUT2D eigenvalue weighted by Crippen LogP contribution is 2.31. The number of nitrogens with zero attached hydrogens (tertiary/aromatic N) is 1. The van der Waals surface area contributed by atoms with Crippen LogP contribution in [-0.2, 0) is 11.2 Å². The minimum atomic E-state index is 0.483. The third kappa shape index (κ3) is 3.85. The summed E-state index contributed by atoms with van der Waals surface area (Å²) in [6.45, 7) is 5.79. The Balaban J connectivity index is 2.43. The van der Waals surface area contributed by atoms with E-state index in [0.717, 1.165) is 29.5 Å². The van der Waals surface area contributed by atoms with Gasteiger partial charge in [0.15, 0.2) is 0 Å². The Hall–Kier alpha value is -1.81. The van der Waals surface area contributed by atoms with Gasteiger partial charge in [-0.1, -0.05) is 25.5 Å². The van der Waals surface area contributed by atoms with E-state index in [4.69, 9.17) is 14.2 Å². The summed E-state index contributed by atoms with van der Waals surface area (Å²) in [6.07, 6.45) is 2.08. The summed E-state index contributed by atoms with van der Waals surface area (Å²) < 4.78 is 16.4. The molecule has 2 aromatic rings. The number of hydrogen-bond acceptors (Lipinski definition) is 4. The van der Waals surface area contributed by atoms with Gasteiger partial charge in [-0.05, 0) is 25.0 Å². The van der Waals surface area contributed by atoms with Crippen molar-refractivity contribution in [2.45, 2.75) is 26.7 Å². The van der Waals surface area contributed by atoms with Gasteiger partial charge in [0.1, 0.15) is 12.4 Å². The molecule has 1 aromatic heterocycles. The van der Waals surface area contributed by atoms with Crippen LogP contribution < -0.4 is 9.47 Å². The second kappa shape index (κ2) is 7.84. The number of methoxy groups -OCH3 is 1. The molecule has 0 fully saturated rings. The van der Waals surface area contributed by atoms with Gasteiger partial charge < -0.3 is 14.2 Å². The lowest BCUT2D eigenvalue weighted by Crippen LogP contribution is -2.06. The van der Waals surface area contributed by atoms with Gasteiger partial charge in [-0.25, -0.2) is 4.98 Å². The Morgan fingerprint density at radius 2 is 1.95 bits per heavy atom. The highest BCUT2D eigenvalue weighted by Gasteiger charge is 2.10. The standard InChI is InChI=1S/C17H23NO3/c1-4-7-13-8-6-9-14-15(20-5-2)12-16(18-17(13)14)21-11-10-19-3/h6,8-9,12H,4-5,7,10-11H2,1-3H3. The Bertz CT molecular complexity index is 584. The highest BCUT2D eigenvalue weighted by atomic mass is 16.5. The monoisotopic (exact) mass is 289 g/mol. The maximum absolute atomic E-state index is 5.75. The van der Waals surface area contributed by atoms with Gasteiger partial charge in [0.2, 0.25) is 5.88 Å². The van der Waals surface area contributed by atoms with Crippen LogP contribution in [0.4, 0.5) is 0 Å². The molecule has 4 nitrogen and oxygen atoms in total. The third-order valence-electron chi connectivity index (χ3n) is 3.22. The quantitative estimate of drug-likeness (QED) is 0.696. The molecule has 0 aliphatic carbocycles.